The largest absolute Gasteiger partial charge is 0.481 e. The molecule has 0 aliphatic carbocycles. The van der Waals surface area contributed by atoms with Crippen LogP contribution in [-0.4, -0.2) is 94.0 Å². The van der Waals surface area contributed by atoms with Crippen molar-refractivity contribution in [1.29, 1.82) is 0 Å². The highest BCUT2D eigenvalue weighted by molar-refractivity contribution is 7.80. The van der Waals surface area contributed by atoms with Gasteiger partial charge in [-0.05, 0) is 19.3 Å². The van der Waals surface area contributed by atoms with Gasteiger partial charge in [0.1, 0.15) is 18.1 Å². The molecule has 0 aromatic rings. The van der Waals surface area contributed by atoms with Crippen LogP contribution in [0.15, 0.2) is 4.99 Å². The molecule has 33 heavy (non-hydrogen) atoms. The van der Waals surface area contributed by atoms with Crippen LogP contribution in [0.3, 0.4) is 0 Å². The minimum Gasteiger partial charge on any atom is -0.481 e. The van der Waals surface area contributed by atoms with Gasteiger partial charge in [0.25, 0.3) is 0 Å². The number of carbonyl (C=O) groups excluding carboxylic acids is 3. The van der Waals surface area contributed by atoms with E-state index in [1.807, 2.05) is 0 Å². The van der Waals surface area contributed by atoms with Crippen LogP contribution in [0, 0.1) is 0 Å². The molecule has 0 bridgehead atoms. The third kappa shape index (κ3) is 12.5. The average Bonchev–Trinajstić information content (AvgIpc) is 2.75. The zero-order chi connectivity index (χ0) is 25.6. The van der Waals surface area contributed by atoms with Gasteiger partial charge in [0, 0.05) is 18.7 Å². The third-order valence-electron chi connectivity index (χ3n) is 4.19. The van der Waals surface area contributed by atoms with Crippen LogP contribution in [-0.2, 0) is 24.0 Å². The van der Waals surface area contributed by atoms with Gasteiger partial charge < -0.3 is 48.5 Å². The normalized spacial score (nSPS) is 14.2. The van der Waals surface area contributed by atoms with Crippen molar-refractivity contribution in [3.8, 4) is 0 Å². The summed E-state index contributed by atoms with van der Waals surface area (Å²) in [6.45, 7) is -0.712. The fourth-order valence-corrected chi connectivity index (χ4v) is 2.56. The van der Waals surface area contributed by atoms with Crippen molar-refractivity contribution in [3.63, 3.8) is 0 Å². The number of nitrogens with one attached hydrogen (secondary N) is 3. The highest BCUT2D eigenvalue weighted by Crippen LogP contribution is 2.04. The number of thiol groups is 1. The highest BCUT2D eigenvalue weighted by atomic mass is 32.1. The number of carbonyl (C=O) groups is 5. The number of aliphatic hydroxyl groups is 1. The predicted molar refractivity (Wildman–Crippen MR) is 119 cm³/mol. The molecule has 0 aliphatic heterocycles. The Labute approximate surface area is 194 Å². The van der Waals surface area contributed by atoms with Crippen molar-refractivity contribution in [3.05, 3.63) is 0 Å². The second kappa shape index (κ2) is 15.7. The van der Waals surface area contributed by atoms with Crippen LogP contribution in [0.1, 0.15) is 25.7 Å². The third-order valence-corrected chi connectivity index (χ3v) is 4.58. The Balaban J connectivity index is 5.39. The molecule has 0 fully saturated rings. The van der Waals surface area contributed by atoms with Crippen molar-refractivity contribution in [2.24, 2.45) is 22.2 Å². The van der Waals surface area contributed by atoms with Crippen molar-refractivity contribution >= 4 is 48.2 Å². The highest BCUT2D eigenvalue weighted by Gasteiger charge is 2.30. The number of carboxylic acid groups (broad SMARTS) is 2. The molecule has 12 N–H and O–H groups in total. The maximum atomic E-state index is 12.7. The molecule has 0 aliphatic rings. The van der Waals surface area contributed by atoms with Gasteiger partial charge in [0.2, 0.25) is 17.7 Å². The van der Waals surface area contributed by atoms with Gasteiger partial charge in [-0.2, -0.15) is 12.6 Å². The first-order valence-corrected chi connectivity index (χ1v) is 10.4. The fraction of sp³-hybridized carbons (Fsp3) is 0.647. The molecule has 16 heteroatoms. The Morgan fingerprint density at radius 2 is 1.42 bits per heavy atom. The van der Waals surface area contributed by atoms with Gasteiger partial charge in [-0.3, -0.25) is 24.2 Å². The van der Waals surface area contributed by atoms with Crippen LogP contribution in [0.5, 0.6) is 0 Å². The summed E-state index contributed by atoms with van der Waals surface area (Å²) < 4.78 is 0. The summed E-state index contributed by atoms with van der Waals surface area (Å²) in [5.41, 5.74) is 16.0. The van der Waals surface area contributed by atoms with Gasteiger partial charge in [0.05, 0.1) is 12.6 Å². The molecular formula is C17H31N7O8S. The maximum Gasteiger partial charge on any atom is 0.326 e. The lowest BCUT2D eigenvalue weighted by molar-refractivity contribution is -0.143. The number of carboxylic acids is 2. The number of hydrogen-bond acceptors (Lipinski definition) is 9. The quantitative estimate of drug-likeness (QED) is 0.0425. The first-order valence-electron chi connectivity index (χ1n) is 9.81. The summed E-state index contributed by atoms with van der Waals surface area (Å²) in [4.78, 5) is 62.9. The molecule has 0 radical (unpaired) electrons. The number of nitrogens with zero attached hydrogens (tertiary/aromatic N) is 1. The number of nitrogens with two attached hydrogens (primary N) is 3. The average molecular weight is 494 g/mol. The van der Waals surface area contributed by atoms with Crippen molar-refractivity contribution in [2.75, 3.05) is 18.9 Å². The van der Waals surface area contributed by atoms with Crippen LogP contribution in [0.25, 0.3) is 0 Å². The zero-order valence-corrected chi connectivity index (χ0v) is 18.7. The van der Waals surface area contributed by atoms with E-state index < -0.39 is 66.9 Å². The lowest BCUT2D eigenvalue weighted by Gasteiger charge is -2.24. The SMILES string of the molecule is NC(N)=NCCCC(NC(=O)C(CO)NC(=O)C(N)CS)C(=O)NC(CCC(=O)O)C(=O)O. The number of guanidine groups is 1. The minimum absolute atomic E-state index is 0.0195. The van der Waals surface area contributed by atoms with E-state index in [0.29, 0.717) is 0 Å². The molecule has 0 rings (SSSR count). The Morgan fingerprint density at radius 1 is 0.879 bits per heavy atom. The van der Waals surface area contributed by atoms with Gasteiger partial charge >= 0.3 is 11.9 Å². The monoisotopic (exact) mass is 493 g/mol. The second-order valence-corrected chi connectivity index (χ2v) is 7.24. The summed E-state index contributed by atoms with van der Waals surface area (Å²) >= 11 is 3.87. The van der Waals surface area contributed by atoms with Gasteiger partial charge in [0.15, 0.2) is 5.96 Å². The standard InChI is InChI=1S/C17H31N7O8S/c18-8(7-33)13(28)24-11(6-25)15(30)22-9(2-1-5-21-17(19)20)14(29)23-10(16(31)32)3-4-12(26)27/h8-11,25,33H,1-7,18H2,(H,22,30)(H,23,29)(H,24,28)(H,26,27)(H,31,32)(H4,19,20,21). The predicted octanol–water partition coefficient (Wildman–Crippen LogP) is -4.31. The van der Waals surface area contributed by atoms with E-state index in [2.05, 4.69) is 33.6 Å². The molecule has 0 spiro atoms. The molecule has 4 atom stereocenters. The molecular weight excluding hydrogens is 462 g/mol. The Bertz CT molecular complexity index is 732. The molecule has 0 heterocycles. The number of rotatable bonds is 16. The van der Waals surface area contributed by atoms with Crippen molar-refractivity contribution < 1.29 is 39.3 Å². The van der Waals surface area contributed by atoms with E-state index in [-0.39, 0.29) is 37.5 Å². The van der Waals surface area contributed by atoms with Gasteiger partial charge in [-0.25, -0.2) is 4.79 Å². The van der Waals surface area contributed by atoms with Gasteiger partial charge in [-0.15, -0.1) is 0 Å². The van der Waals surface area contributed by atoms with Crippen LogP contribution < -0.4 is 33.2 Å². The van der Waals surface area contributed by atoms with Crippen LogP contribution in [0.4, 0.5) is 0 Å². The van der Waals surface area contributed by atoms with Crippen LogP contribution >= 0.6 is 12.6 Å². The van der Waals surface area contributed by atoms with Gasteiger partial charge in [-0.1, -0.05) is 0 Å². The Hall–Kier alpha value is -3.11. The summed E-state index contributed by atoms with van der Waals surface area (Å²) in [5, 5.41) is 34.1. The Kier molecular flexibility index (Phi) is 14.2. The van der Waals surface area contributed by atoms with E-state index in [9.17, 15) is 34.2 Å². The number of amides is 3. The van der Waals surface area contributed by atoms with E-state index in [4.69, 9.17) is 22.3 Å². The van der Waals surface area contributed by atoms with Crippen molar-refractivity contribution in [1.82, 2.24) is 16.0 Å². The number of aliphatic carboxylic acids is 2. The molecule has 4 unspecified atom stereocenters. The van der Waals surface area contributed by atoms with E-state index in [1.165, 1.54) is 0 Å². The summed E-state index contributed by atoms with van der Waals surface area (Å²) in [6.07, 6.45) is -0.740. The van der Waals surface area contributed by atoms with E-state index >= 15 is 0 Å². The first kappa shape index (κ1) is 29.9. The molecule has 0 saturated heterocycles. The second-order valence-electron chi connectivity index (χ2n) is 6.87. The number of hydrogen-bond donors (Lipinski definition) is 10. The molecule has 188 valence electrons. The maximum absolute atomic E-state index is 12.7. The zero-order valence-electron chi connectivity index (χ0n) is 17.8. The lowest BCUT2D eigenvalue weighted by atomic mass is 10.1. The minimum atomic E-state index is -1.52. The molecule has 3 amide bonds. The molecule has 0 aromatic heterocycles. The number of aliphatic imine (C=N–C) groups is 1. The smallest absolute Gasteiger partial charge is 0.326 e. The molecule has 15 nitrogen and oxygen atoms in total. The van der Waals surface area contributed by atoms with Crippen LogP contribution in [0.2, 0.25) is 0 Å². The first-order chi connectivity index (χ1) is 15.4. The topological polar surface area (TPSA) is 273 Å². The molecule has 0 saturated carbocycles. The van der Waals surface area contributed by atoms with E-state index in [1.54, 1.807) is 0 Å². The summed E-state index contributed by atoms with van der Waals surface area (Å²) in [7, 11) is 0. The molecule has 0 aromatic carbocycles. The summed E-state index contributed by atoms with van der Waals surface area (Å²) in [5.74, 6) is -5.53. The number of aliphatic hydroxyl groups excluding tert-OH is 1. The van der Waals surface area contributed by atoms with E-state index in [0.717, 1.165) is 0 Å². The Morgan fingerprint density at radius 3 is 1.91 bits per heavy atom. The summed E-state index contributed by atoms with van der Waals surface area (Å²) in [6, 6.07) is -5.31. The lowest BCUT2D eigenvalue weighted by Crippen LogP contribution is -2.58. The van der Waals surface area contributed by atoms with Crippen molar-refractivity contribution in [2.45, 2.75) is 49.9 Å². The fourth-order valence-electron chi connectivity index (χ4n) is 2.40.